The molecule has 0 aromatic heterocycles. The lowest BCUT2D eigenvalue weighted by Gasteiger charge is -2.25. The Hall–Kier alpha value is -0.410. The van der Waals surface area contributed by atoms with Gasteiger partial charge in [0.05, 0.1) is 6.54 Å². The summed E-state index contributed by atoms with van der Waals surface area (Å²) < 4.78 is 0. The van der Waals surface area contributed by atoms with Gasteiger partial charge in [-0.15, -0.1) is 0 Å². The van der Waals surface area contributed by atoms with Gasteiger partial charge in [0.15, 0.2) is 0 Å². The number of nitrogens with zero attached hydrogens (tertiary/aromatic N) is 1. The van der Waals surface area contributed by atoms with Gasteiger partial charge >= 0.3 is 0 Å². The Balaban J connectivity index is 2.29. The molecule has 3 nitrogen and oxygen atoms in total. The van der Waals surface area contributed by atoms with Gasteiger partial charge in [-0.2, -0.15) is 0 Å². The van der Waals surface area contributed by atoms with Gasteiger partial charge in [-0.05, 0) is 33.1 Å². The maximum atomic E-state index is 11.6. The molecule has 1 N–H and O–H groups in total. The van der Waals surface area contributed by atoms with E-state index >= 15 is 0 Å². The van der Waals surface area contributed by atoms with E-state index in [2.05, 4.69) is 18.7 Å². The van der Waals surface area contributed by atoms with E-state index in [1.54, 1.807) is 0 Å². The van der Waals surface area contributed by atoms with Gasteiger partial charge in [-0.25, -0.2) is 0 Å². The minimum Gasteiger partial charge on any atom is -0.396 e. The summed E-state index contributed by atoms with van der Waals surface area (Å²) in [6.07, 6.45) is 2.94. The van der Waals surface area contributed by atoms with Crippen LogP contribution in [0.2, 0.25) is 0 Å². The van der Waals surface area contributed by atoms with Crippen molar-refractivity contribution < 1.29 is 9.90 Å². The predicted octanol–water partition coefficient (Wildman–Crippen LogP) is 1.06. The third kappa shape index (κ3) is 3.76. The zero-order chi connectivity index (χ0) is 10.6. The lowest BCUT2D eigenvalue weighted by Crippen LogP contribution is -2.37. The Bertz CT molecular complexity index is 188. The molecule has 0 amide bonds. The maximum Gasteiger partial charge on any atom is 0.149 e. The normalized spacial score (nSPS) is 16.6. The van der Waals surface area contributed by atoms with Crippen LogP contribution in [0.1, 0.15) is 33.1 Å². The van der Waals surface area contributed by atoms with E-state index in [0.717, 1.165) is 25.8 Å². The molecule has 0 unspecified atom stereocenters. The molecule has 0 aromatic carbocycles. The molecular weight excluding hydrogens is 178 g/mol. The van der Waals surface area contributed by atoms with E-state index in [-0.39, 0.29) is 6.61 Å². The zero-order valence-corrected chi connectivity index (χ0v) is 9.20. The number of carbonyl (C=O) groups is 1. The molecule has 1 aliphatic carbocycles. The molecule has 0 aromatic rings. The highest BCUT2D eigenvalue weighted by molar-refractivity contribution is 5.85. The van der Waals surface area contributed by atoms with Crippen LogP contribution >= 0.6 is 0 Å². The smallest absolute Gasteiger partial charge is 0.149 e. The highest BCUT2D eigenvalue weighted by atomic mass is 16.3. The van der Waals surface area contributed by atoms with Crippen molar-refractivity contribution in [3.63, 3.8) is 0 Å². The molecular formula is C11H21NO2. The second-order valence-corrected chi connectivity index (χ2v) is 4.38. The number of hydrogen-bond donors (Lipinski definition) is 1. The van der Waals surface area contributed by atoms with Crippen LogP contribution in [0, 0.1) is 5.92 Å². The van der Waals surface area contributed by atoms with Crippen molar-refractivity contribution >= 4 is 5.78 Å². The van der Waals surface area contributed by atoms with Crippen LogP contribution in [0.4, 0.5) is 0 Å². The molecule has 0 aliphatic heterocycles. The number of Topliss-reactive ketones (excluding diaryl/α,β-unsaturated/α-hetero) is 1. The Morgan fingerprint density at radius 3 is 2.57 bits per heavy atom. The molecule has 0 atom stereocenters. The summed E-state index contributed by atoms with van der Waals surface area (Å²) in [5.41, 5.74) is 0. The second kappa shape index (κ2) is 5.47. The second-order valence-electron chi connectivity index (χ2n) is 4.38. The van der Waals surface area contributed by atoms with Crippen molar-refractivity contribution in [2.45, 2.75) is 39.2 Å². The van der Waals surface area contributed by atoms with Crippen LogP contribution in [0.15, 0.2) is 0 Å². The number of carbonyl (C=O) groups excluding carboxylic acids is 1. The van der Waals surface area contributed by atoms with E-state index in [9.17, 15) is 4.79 Å². The first-order valence-electron chi connectivity index (χ1n) is 5.52. The number of rotatable bonds is 7. The van der Waals surface area contributed by atoms with E-state index in [4.69, 9.17) is 5.11 Å². The van der Waals surface area contributed by atoms with E-state index < -0.39 is 0 Å². The van der Waals surface area contributed by atoms with Crippen molar-refractivity contribution in [1.82, 2.24) is 4.90 Å². The van der Waals surface area contributed by atoms with Crippen molar-refractivity contribution in [1.29, 1.82) is 0 Å². The fourth-order valence-electron chi connectivity index (χ4n) is 1.53. The molecule has 1 rings (SSSR count). The number of aliphatic hydroxyl groups is 1. The lowest BCUT2D eigenvalue weighted by molar-refractivity contribution is -0.121. The first-order valence-corrected chi connectivity index (χ1v) is 5.52. The topological polar surface area (TPSA) is 40.5 Å². The van der Waals surface area contributed by atoms with E-state index in [1.807, 2.05) is 0 Å². The summed E-state index contributed by atoms with van der Waals surface area (Å²) in [4.78, 5) is 13.7. The van der Waals surface area contributed by atoms with Crippen molar-refractivity contribution in [2.24, 2.45) is 5.92 Å². The quantitative estimate of drug-likeness (QED) is 0.666. The van der Waals surface area contributed by atoms with Crippen molar-refractivity contribution in [3.05, 3.63) is 0 Å². The summed E-state index contributed by atoms with van der Waals surface area (Å²) in [6.45, 7) is 5.80. The molecule has 82 valence electrons. The first kappa shape index (κ1) is 11.7. The van der Waals surface area contributed by atoms with Gasteiger partial charge in [0.1, 0.15) is 5.78 Å². The monoisotopic (exact) mass is 199 g/mol. The molecule has 0 radical (unpaired) electrons. The Labute approximate surface area is 86.1 Å². The van der Waals surface area contributed by atoms with Crippen LogP contribution in [0.5, 0.6) is 0 Å². The Morgan fingerprint density at radius 1 is 1.50 bits per heavy atom. The fourth-order valence-corrected chi connectivity index (χ4v) is 1.53. The average molecular weight is 199 g/mol. The SMILES string of the molecule is CC(C)N(CCCO)CC(=O)C1CC1. The molecule has 0 spiro atoms. The summed E-state index contributed by atoms with van der Waals surface area (Å²) in [5.74, 6) is 0.738. The highest BCUT2D eigenvalue weighted by Gasteiger charge is 2.30. The van der Waals surface area contributed by atoms with Crippen molar-refractivity contribution in [3.8, 4) is 0 Å². The minimum absolute atomic E-state index is 0.209. The molecule has 1 fully saturated rings. The number of ketones is 1. The third-order valence-electron chi connectivity index (χ3n) is 2.73. The third-order valence-corrected chi connectivity index (χ3v) is 2.73. The van der Waals surface area contributed by atoms with Gasteiger partial charge in [0.2, 0.25) is 0 Å². The zero-order valence-electron chi connectivity index (χ0n) is 9.20. The molecule has 0 heterocycles. The van der Waals surface area contributed by atoms with Gasteiger partial charge in [0, 0.05) is 25.1 Å². The van der Waals surface area contributed by atoms with Crippen molar-refractivity contribution in [2.75, 3.05) is 19.7 Å². The minimum atomic E-state index is 0.209. The maximum absolute atomic E-state index is 11.6. The fraction of sp³-hybridized carbons (Fsp3) is 0.909. The molecule has 0 bridgehead atoms. The standard InChI is InChI=1S/C11H21NO2/c1-9(2)12(6-3-7-13)8-11(14)10-4-5-10/h9-10,13H,3-8H2,1-2H3. The number of aliphatic hydroxyl groups excluding tert-OH is 1. The molecule has 1 aliphatic rings. The van der Waals surface area contributed by atoms with Crippen LogP contribution in [0.25, 0.3) is 0 Å². The van der Waals surface area contributed by atoms with Crippen LogP contribution in [-0.2, 0) is 4.79 Å². The van der Waals surface area contributed by atoms with Gasteiger partial charge in [-0.3, -0.25) is 9.69 Å². The summed E-state index contributed by atoms with van der Waals surface area (Å²) >= 11 is 0. The van der Waals surface area contributed by atoms with Crippen LogP contribution in [0.3, 0.4) is 0 Å². The number of hydrogen-bond acceptors (Lipinski definition) is 3. The van der Waals surface area contributed by atoms with E-state index in [1.165, 1.54) is 0 Å². The predicted molar refractivity (Wildman–Crippen MR) is 56.1 cm³/mol. The molecule has 3 heteroatoms. The molecule has 14 heavy (non-hydrogen) atoms. The van der Waals surface area contributed by atoms with Crippen LogP contribution < -0.4 is 0 Å². The summed E-state index contributed by atoms with van der Waals surface area (Å²) in [6, 6.07) is 0.393. The van der Waals surface area contributed by atoms with Gasteiger partial charge < -0.3 is 5.11 Å². The van der Waals surface area contributed by atoms with Gasteiger partial charge in [-0.1, -0.05) is 0 Å². The van der Waals surface area contributed by atoms with Crippen LogP contribution in [-0.4, -0.2) is 41.5 Å². The largest absolute Gasteiger partial charge is 0.396 e. The summed E-state index contributed by atoms with van der Waals surface area (Å²) in [7, 11) is 0. The Morgan fingerprint density at radius 2 is 2.14 bits per heavy atom. The lowest BCUT2D eigenvalue weighted by atomic mass is 10.2. The average Bonchev–Trinajstić information content (AvgIpc) is 2.94. The summed E-state index contributed by atoms with van der Waals surface area (Å²) in [5, 5.41) is 8.74. The Kier molecular flexibility index (Phi) is 4.55. The first-order chi connectivity index (χ1) is 6.65. The van der Waals surface area contributed by atoms with Gasteiger partial charge in [0.25, 0.3) is 0 Å². The van der Waals surface area contributed by atoms with E-state index in [0.29, 0.717) is 24.3 Å². The highest BCUT2D eigenvalue weighted by Crippen LogP contribution is 2.30. The molecule has 0 saturated heterocycles. The molecule has 1 saturated carbocycles.